The molecule has 1 aliphatic carbocycles. The number of carboxylic acid groups (broad SMARTS) is 1. The fraction of sp³-hybridized carbons (Fsp3) is 0.182. The fourth-order valence-corrected chi connectivity index (χ4v) is 1.80. The van der Waals surface area contributed by atoms with Gasteiger partial charge >= 0.3 is 5.97 Å². The Labute approximate surface area is 90.9 Å². The van der Waals surface area contributed by atoms with Crippen LogP contribution < -0.4 is 0 Å². The van der Waals surface area contributed by atoms with Gasteiger partial charge in [-0.15, -0.1) is 0 Å². The molecule has 0 saturated carbocycles. The molecule has 1 aromatic carbocycles. The van der Waals surface area contributed by atoms with E-state index in [1.165, 1.54) is 18.2 Å². The van der Waals surface area contributed by atoms with E-state index in [2.05, 4.69) is 0 Å². The Morgan fingerprint density at radius 3 is 2.56 bits per heavy atom. The van der Waals surface area contributed by atoms with Crippen molar-refractivity contribution in [3.63, 3.8) is 0 Å². The molecule has 0 aromatic heterocycles. The number of hydrogen-bond donors (Lipinski definition) is 4. The number of rotatable bonds is 1. The maximum absolute atomic E-state index is 11.0. The standard InChI is InChI=1S/C11H10O5/c12-8-5-9(13)11(16,10(14)15)7-4-2-1-3-6(7)8/h1-5,9,12-13,16H,(H,14,15). The van der Waals surface area contributed by atoms with Crippen molar-refractivity contribution in [2.45, 2.75) is 11.7 Å². The highest BCUT2D eigenvalue weighted by Crippen LogP contribution is 2.36. The van der Waals surface area contributed by atoms with Crippen LogP contribution in [-0.4, -0.2) is 32.5 Å². The lowest BCUT2D eigenvalue weighted by atomic mass is 9.80. The number of aliphatic hydroxyl groups is 3. The molecule has 1 aliphatic rings. The van der Waals surface area contributed by atoms with E-state index in [0.29, 0.717) is 0 Å². The summed E-state index contributed by atoms with van der Waals surface area (Å²) in [5, 5.41) is 38.1. The molecule has 0 aliphatic heterocycles. The van der Waals surface area contributed by atoms with Crippen molar-refractivity contribution in [2.75, 3.05) is 0 Å². The minimum Gasteiger partial charge on any atom is -0.508 e. The third kappa shape index (κ3) is 1.22. The van der Waals surface area contributed by atoms with Crippen LogP contribution in [0.2, 0.25) is 0 Å². The zero-order valence-electron chi connectivity index (χ0n) is 8.16. The molecule has 0 saturated heterocycles. The van der Waals surface area contributed by atoms with Crippen molar-refractivity contribution < 1.29 is 25.2 Å². The Morgan fingerprint density at radius 1 is 1.31 bits per heavy atom. The summed E-state index contributed by atoms with van der Waals surface area (Å²) in [5.74, 6) is -1.80. The molecule has 2 atom stereocenters. The summed E-state index contributed by atoms with van der Waals surface area (Å²) in [5.41, 5.74) is -2.23. The third-order valence-corrected chi connectivity index (χ3v) is 2.68. The second-order valence-electron chi connectivity index (χ2n) is 3.61. The lowest BCUT2D eigenvalue weighted by molar-refractivity contribution is -0.170. The molecule has 0 bridgehead atoms. The Hall–Kier alpha value is -1.85. The first-order valence-electron chi connectivity index (χ1n) is 4.62. The van der Waals surface area contributed by atoms with Crippen molar-refractivity contribution in [3.05, 3.63) is 41.5 Å². The molecule has 1 aromatic rings. The topological polar surface area (TPSA) is 98.0 Å². The van der Waals surface area contributed by atoms with E-state index in [1.54, 1.807) is 6.07 Å². The molecule has 2 rings (SSSR count). The van der Waals surface area contributed by atoms with Gasteiger partial charge in [-0.05, 0) is 6.08 Å². The lowest BCUT2D eigenvalue weighted by Crippen LogP contribution is -2.48. The summed E-state index contributed by atoms with van der Waals surface area (Å²) in [7, 11) is 0. The monoisotopic (exact) mass is 222 g/mol. The summed E-state index contributed by atoms with van der Waals surface area (Å²) < 4.78 is 0. The highest BCUT2D eigenvalue weighted by molar-refractivity contribution is 5.85. The smallest absolute Gasteiger partial charge is 0.343 e. The van der Waals surface area contributed by atoms with E-state index in [-0.39, 0.29) is 16.9 Å². The van der Waals surface area contributed by atoms with Gasteiger partial charge in [0.25, 0.3) is 0 Å². The van der Waals surface area contributed by atoms with Gasteiger partial charge in [0.2, 0.25) is 5.60 Å². The summed E-state index contributed by atoms with van der Waals surface area (Å²) in [6.07, 6.45) is -0.768. The first-order chi connectivity index (χ1) is 7.48. The highest BCUT2D eigenvalue weighted by atomic mass is 16.4. The van der Waals surface area contributed by atoms with Crippen LogP contribution >= 0.6 is 0 Å². The van der Waals surface area contributed by atoms with Gasteiger partial charge in [0.05, 0.1) is 0 Å². The maximum atomic E-state index is 11.0. The number of carbonyl (C=O) groups is 1. The van der Waals surface area contributed by atoms with Crippen LogP contribution in [0, 0.1) is 0 Å². The quantitative estimate of drug-likeness (QED) is 0.545. The van der Waals surface area contributed by atoms with Crippen molar-refractivity contribution in [1.29, 1.82) is 0 Å². The molecule has 4 N–H and O–H groups in total. The number of hydrogen-bond acceptors (Lipinski definition) is 4. The first kappa shape index (κ1) is 10.7. The molecule has 0 fully saturated rings. The van der Waals surface area contributed by atoms with Crippen LogP contribution in [0.15, 0.2) is 30.3 Å². The summed E-state index contributed by atoms with van der Waals surface area (Å²) in [6.45, 7) is 0. The van der Waals surface area contributed by atoms with Crippen LogP contribution in [0.3, 0.4) is 0 Å². The minimum absolute atomic E-state index is 0.0185. The van der Waals surface area contributed by atoms with Gasteiger partial charge in [0.15, 0.2) is 0 Å². The van der Waals surface area contributed by atoms with Crippen LogP contribution in [0.5, 0.6) is 0 Å². The van der Waals surface area contributed by atoms with Gasteiger partial charge < -0.3 is 20.4 Å². The normalized spacial score (nSPS) is 28.1. The van der Waals surface area contributed by atoms with Crippen molar-refractivity contribution >= 4 is 11.7 Å². The van der Waals surface area contributed by atoms with Gasteiger partial charge in [-0.25, -0.2) is 4.79 Å². The summed E-state index contributed by atoms with van der Waals surface area (Å²) in [4.78, 5) is 11.0. The van der Waals surface area contributed by atoms with Crippen LogP contribution in [-0.2, 0) is 10.4 Å². The van der Waals surface area contributed by atoms with Crippen molar-refractivity contribution in [3.8, 4) is 0 Å². The molecule has 2 unspecified atom stereocenters. The first-order valence-corrected chi connectivity index (χ1v) is 4.62. The third-order valence-electron chi connectivity index (χ3n) is 2.68. The van der Waals surface area contributed by atoms with Gasteiger partial charge in [0, 0.05) is 11.1 Å². The average Bonchev–Trinajstić information content (AvgIpc) is 2.26. The highest BCUT2D eigenvalue weighted by Gasteiger charge is 2.48. The largest absolute Gasteiger partial charge is 0.508 e. The van der Waals surface area contributed by atoms with Crippen molar-refractivity contribution in [2.24, 2.45) is 0 Å². The number of carboxylic acids is 1. The van der Waals surface area contributed by atoms with Crippen LogP contribution in [0.4, 0.5) is 0 Å². The zero-order valence-corrected chi connectivity index (χ0v) is 8.16. The fourth-order valence-electron chi connectivity index (χ4n) is 1.80. The second kappa shape index (κ2) is 3.33. The number of aliphatic hydroxyl groups excluding tert-OH is 2. The number of benzene rings is 1. The molecular weight excluding hydrogens is 212 g/mol. The molecule has 0 spiro atoms. The molecule has 0 amide bonds. The molecule has 16 heavy (non-hydrogen) atoms. The maximum Gasteiger partial charge on any atom is 0.343 e. The SMILES string of the molecule is O=C(O)C1(O)c2ccccc2C(O)=CC1O. The predicted molar refractivity (Wildman–Crippen MR) is 54.6 cm³/mol. The second-order valence-corrected chi connectivity index (χ2v) is 3.61. The minimum atomic E-state index is -2.41. The average molecular weight is 222 g/mol. The van der Waals surface area contributed by atoms with E-state index in [0.717, 1.165) is 6.08 Å². The van der Waals surface area contributed by atoms with Crippen LogP contribution in [0.25, 0.3) is 5.76 Å². The predicted octanol–water partition coefficient (Wildman–Crippen LogP) is 0.232. The molecule has 5 heteroatoms. The molecule has 0 heterocycles. The Kier molecular flexibility index (Phi) is 2.22. The lowest BCUT2D eigenvalue weighted by Gasteiger charge is -2.32. The van der Waals surface area contributed by atoms with Gasteiger partial charge in [-0.2, -0.15) is 0 Å². The summed E-state index contributed by atoms with van der Waals surface area (Å²) >= 11 is 0. The number of aliphatic carboxylic acids is 1. The van der Waals surface area contributed by atoms with Gasteiger partial charge in [-0.3, -0.25) is 0 Å². The molecular formula is C11H10O5. The zero-order chi connectivity index (χ0) is 11.9. The van der Waals surface area contributed by atoms with E-state index >= 15 is 0 Å². The Bertz CT molecular complexity index is 479. The van der Waals surface area contributed by atoms with Gasteiger partial charge in [-0.1, -0.05) is 24.3 Å². The van der Waals surface area contributed by atoms with E-state index in [1.807, 2.05) is 0 Å². The Balaban J connectivity index is 2.72. The van der Waals surface area contributed by atoms with E-state index in [4.69, 9.17) is 5.11 Å². The molecule has 5 nitrogen and oxygen atoms in total. The van der Waals surface area contributed by atoms with Crippen molar-refractivity contribution in [1.82, 2.24) is 0 Å². The van der Waals surface area contributed by atoms with E-state index in [9.17, 15) is 20.1 Å². The van der Waals surface area contributed by atoms with Gasteiger partial charge in [0.1, 0.15) is 11.9 Å². The van der Waals surface area contributed by atoms with Crippen LogP contribution in [0.1, 0.15) is 11.1 Å². The molecule has 84 valence electrons. The molecule has 0 radical (unpaired) electrons. The van der Waals surface area contributed by atoms with E-state index < -0.39 is 17.7 Å². The summed E-state index contributed by atoms with van der Waals surface area (Å²) in [6, 6.07) is 5.96. The Morgan fingerprint density at radius 2 is 1.94 bits per heavy atom. The number of fused-ring (bicyclic) bond motifs is 1.